The third-order valence-electron chi connectivity index (χ3n) is 7.25. The molecule has 0 aliphatic heterocycles. The van der Waals surface area contributed by atoms with Crippen molar-refractivity contribution in [2.45, 2.75) is 69.7 Å². The van der Waals surface area contributed by atoms with Crippen LogP contribution in [0.5, 0.6) is 0 Å². The number of likely N-dealkylation sites (N-methyl/N-ethyl adjacent to an activating group) is 1. The van der Waals surface area contributed by atoms with Crippen LogP contribution in [-0.4, -0.2) is 24.5 Å². The second-order valence-corrected chi connectivity index (χ2v) is 9.01. The number of nitrogens with zero attached hydrogens (tertiary/aromatic N) is 2. The summed E-state index contributed by atoms with van der Waals surface area (Å²) in [6.07, 6.45) is 7.69. The predicted molar refractivity (Wildman–Crippen MR) is 122 cm³/mol. The van der Waals surface area contributed by atoms with Crippen molar-refractivity contribution < 1.29 is 8.78 Å². The van der Waals surface area contributed by atoms with Crippen molar-refractivity contribution in [1.82, 2.24) is 4.90 Å². The second kappa shape index (κ2) is 10.9. The second-order valence-electron chi connectivity index (χ2n) is 9.01. The molecule has 1 aliphatic carbocycles. The van der Waals surface area contributed by atoms with Crippen LogP contribution in [0, 0.1) is 28.9 Å². The lowest BCUT2D eigenvalue weighted by molar-refractivity contribution is 0.201. The first-order valence-corrected chi connectivity index (χ1v) is 11.6. The Kier molecular flexibility index (Phi) is 8.21. The average Bonchev–Trinajstić information content (AvgIpc) is 3.33. The van der Waals surface area contributed by atoms with Crippen molar-refractivity contribution in [3.05, 3.63) is 71.3 Å². The van der Waals surface area contributed by atoms with Crippen molar-refractivity contribution in [2.75, 3.05) is 13.6 Å². The van der Waals surface area contributed by atoms with Crippen molar-refractivity contribution in [3.63, 3.8) is 0 Å². The summed E-state index contributed by atoms with van der Waals surface area (Å²) in [6, 6.07) is 17.5. The first-order chi connectivity index (χ1) is 15.0. The largest absolute Gasteiger partial charge is 0.303 e. The van der Waals surface area contributed by atoms with Gasteiger partial charge in [-0.3, -0.25) is 0 Å². The van der Waals surface area contributed by atoms with Gasteiger partial charge in [-0.2, -0.15) is 5.26 Å². The molecule has 31 heavy (non-hydrogen) atoms. The molecule has 166 valence electrons. The highest BCUT2D eigenvalue weighted by molar-refractivity contribution is 5.35. The molecule has 1 saturated carbocycles. The maximum Gasteiger partial charge on any atom is 0.159 e. The lowest BCUT2D eigenvalue weighted by atomic mass is 9.67. The van der Waals surface area contributed by atoms with Crippen molar-refractivity contribution in [3.8, 4) is 6.07 Å². The Bertz CT molecular complexity index is 871. The Balaban J connectivity index is 1.75. The van der Waals surface area contributed by atoms with Gasteiger partial charge in [-0.25, -0.2) is 8.78 Å². The Morgan fingerprint density at radius 3 is 2.42 bits per heavy atom. The topological polar surface area (TPSA) is 27.0 Å². The average molecular weight is 425 g/mol. The zero-order valence-corrected chi connectivity index (χ0v) is 18.8. The van der Waals surface area contributed by atoms with Gasteiger partial charge in [0.05, 0.1) is 11.5 Å². The lowest BCUT2D eigenvalue weighted by Gasteiger charge is -2.36. The Morgan fingerprint density at radius 2 is 1.81 bits per heavy atom. The number of halogens is 2. The van der Waals surface area contributed by atoms with Crippen LogP contribution >= 0.6 is 0 Å². The summed E-state index contributed by atoms with van der Waals surface area (Å²) in [4.78, 5) is 2.38. The van der Waals surface area contributed by atoms with Crippen LogP contribution in [-0.2, 0) is 11.8 Å². The molecule has 3 rings (SSSR count). The molecule has 0 bridgehead atoms. The van der Waals surface area contributed by atoms with E-state index in [4.69, 9.17) is 0 Å². The molecule has 1 fully saturated rings. The fraction of sp³-hybridized carbons (Fsp3) is 0.519. The molecule has 2 atom stereocenters. The van der Waals surface area contributed by atoms with E-state index in [-0.39, 0.29) is 5.92 Å². The van der Waals surface area contributed by atoms with Crippen LogP contribution in [0.25, 0.3) is 0 Å². The SMILES string of the molecule is CCC(CCC(C#N)(c1ccc(F)c(F)c1)C1CCCC1)N(C)CCc1ccccc1. The van der Waals surface area contributed by atoms with Gasteiger partial charge in [-0.15, -0.1) is 0 Å². The van der Waals surface area contributed by atoms with Crippen molar-refractivity contribution >= 4 is 0 Å². The first-order valence-electron chi connectivity index (χ1n) is 11.6. The molecule has 0 amide bonds. The summed E-state index contributed by atoms with van der Waals surface area (Å²) < 4.78 is 27.7. The van der Waals surface area contributed by atoms with Crippen LogP contribution < -0.4 is 0 Å². The van der Waals surface area contributed by atoms with Crippen LogP contribution in [0.15, 0.2) is 48.5 Å². The molecule has 2 unspecified atom stereocenters. The molecule has 0 heterocycles. The first kappa shape index (κ1) is 23.4. The van der Waals surface area contributed by atoms with E-state index in [1.807, 2.05) is 6.07 Å². The summed E-state index contributed by atoms with van der Waals surface area (Å²) in [5.74, 6) is -1.51. The van der Waals surface area contributed by atoms with Gasteiger partial charge < -0.3 is 4.90 Å². The molecular formula is C27H34F2N2. The van der Waals surface area contributed by atoms with E-state index < -0.39 is 17.0 Å². The molecule has 0 radical (unpaired) electrons. The van der Waals surface area contributed by atoms with E-state index >= 15 is 0 Å². The standard InChI is InChI=1S/C27H34F2N2/c1-3-24(31(2)18-16-21-9-5-4-6-10-21)15-17-27(20-30,22-11-7-8-12-22)23-13-14-25(28)26(29)19-23/h4-6,9-10,13-14,19,22,24H,3,7-8,11-12,15-18H2,1-2H3. The summed E-state index contributed by atoms with van der Waals surface area (Å²) in [5.41, 5.74) is 1.21. The number of hydrogen-bond acceptors (Lipinski definition) is 2. The Morgan fingerprint density at radius 1 is 1.10 bits per heavy atom. The molecule has 2 nitrogen and oxygen atoms in total. The lowest BCUT2D eigenvalue weighted by Crippen LogP contribution is -2.38. The van der Waals surface area contributed by atoms with E-state index in [1.165, 1.54) is 17.7 Å². The molecule has 0 N–H and O–H groups in total. The monoisotopic (exact) mass is 424 g/mol. The predicted octanol–water partition coefficient (Wildman–Crippen LogP) is 6.65. The highest BCUT2D eigenvalue weighted by Crippen LogP contribution is 2.45. The summed E-state index contributed by atoms with van der Waals surface area (Å²) in [6.45, 7) is 3.14. The quantitative estimate of drug-likeness (QED) is 0.427. The van der Waals surface area contributed by atoms with Gasteiger partial charge in [-0.05, 0) is 74.8 Å². The highest BCUT2D eigenvalue weighted by atomic mass is 19.2. The fourth-order valence-electron chi connectivity index (χ4n) is 5.25. The third kappa shape index (κ3) is 5.52. The Hall–Kier alpha value is -2.25. The zero-order chi connectivity index (χ0) is 22.3. The van der Waals surface area contributed by atoms with Gasteiger partial charge in [-0.1, -0.05) is 56.2 Å². The molecule has 0 spiro atoms. The van der Waals surface area contributed by atoms with Crippen molar-refractivity contribution in [1.29, 1.82) is 5.26 Å². The maximum atomic E-state index is 14.1. The molecule has 0 saturated heterocycles. The van der Waals surface area contributed by atoms with E-state index in [9.17, 15) is 14.0 Å². The number of nitriles is 1. The van der Waals surface area contributed by atoms with Crippen molar-refractivity contribution in [2.24, 2.45) is 5.92 Å². The molecule has 0 aromatic heterocycles. The number of benzene rings is 2. The normalized spacial score (nSPS) is 17.4. The van der Waals surface area contributed by atoms with Gasteiger partial charge >= 0.3 is 0 Å². The number of hydrogen-bond donors (Lipinski definition) is 0. The van der Waals surface area contributed by atoms with Gasteiger partial charge in [0, 0.05) is 12.6 Å². The van der Waals surface area contributed by atoms with E-state index in [0.29, 0.717) is 18.0 Å². The smallest absolute Gasteiger partial charge is 0.159 e. The summed E-state index contributed by atoms with van der Waals surface area (Å²) in [5, 5.41) is 10.3. The van der Waals surface area contributed by atoms with Gasteiger partial charge in [0.15, 0.2) is 11.6 Å². The molecule has 4 heteroatoms. The maximum absolute atomic E-state index is 14.1. The van der Waals surface area contributed by atoms with Crippen LogP contribution in [0.2, 0.25) is 0 Å². The molecular weight excluding hydrogens is 390 g/mol. The Labute approximate surface area is 185 Å². The molecule has 2 aromatic carbocycles. The minimum Gasteiger partial charge on any atom is -0.303 e. The zero-order valence-electron chi connectivity index (χ0n) is 18.8. The van der Waals surface area contributed by atoms with Gasteiger partial charge in [0.2, 0.25) is 0 Å². The third-order valence-corrected chi connectivity index (χ3v) is 7.25. The van der Waals surface area contributed by atoms with E-state index in [0.717, 1.165) is 51.5 Å². The van der Waals surface area contributed by atoms with Gasteiger partial charge in [0.25, 0.3) is 0 Å². The van der Waals surface area contributed by atoms with Crippen LogP contribution in [0.3, 0.4) is 0 Å². The van der Waals surface area contributed by atoms with E-state index in [1.54, 1.807) is 6.07 Å². The minimum absolute atomic E-state index is 0.203. The summed E-state index contributed by atoms with van der Waals surface area (Å²) >= 11 is 0. The fourth-order valence-corrected chi connectivity index (χ4v) is 5.25. The van der Waals surface area contributed by atoms with Gasteiger partial charge in [0.1, 0.15) is 0 Å². The number of rotatable bonds is 10. The molecule has 2 aromatic rings. The van der Waals surface area contributed by atoms with E-state index in [2.05, 4.69) is 49.2 Å². The van der Waals surface area contributed by atoms with Crippen LogP contribution in [0.1, 0.15) is 63.0 Å². The molecule has 1 aliphatic rings. The summed E-state index contributed by atoms with van der Waals surface area (Å²) in [7, 11) is 2.15. The highest BCUT2D eigenvalue weighted by Gasteiger charge is 2.42. The minimum atomic E-state index is -0.859. The van der Waals surface area contributed by atoms with Crippen LogP contribution in [0.4, 0.5) is 8.78 Å².